The van der Waals surface area contributed by atoms with E-state index in [4.69, 9.17) is 4.74 Å². The average Bonchev–Trinajstić information content (AvgIpc) is 2.39. The van der Waals surface area contributed by atoms with Crippen molar-refractivity contribution in [1.29, 1.82) is 0 Å². The molecule has 0 bridgehead atoms. The molecule has 0 fully saturated rings. The standard InChI is InChI=1S/C13H12N2O2/c1-17-12-4-5-13(16)10(7-12)8-15-11-3-2-6-14-9-11/h2-9,16H,1H3. The average molecular weight is 228 g/mol. The van der Waals surface area contributed by atoms with Crippen LogP contribution in [0, 0.1) is 0 Å². The Morgan fingerprint density at radius 3 is 2.94 bits per heavy atom. The first-order valence-corrected chi connectivity index (χ1v) is 5.10. The highest BCUT2D eigenvalue weighted by Gasteiger charge is 2.00. The third-order valence-corrected chi connectivity index (χ3v) is 2.23. The molecule has 1 heterocycles. The summed E-state index contributed by atoms with van der Waals surface area (Å²) in [4.78, 5) is 8.16. The molecule has 2 aromatic rings. The number of aromatic hydroxyl groups is 1. The van der Waals surface area contributed by atoms with Crippen molar-refractivity contribution < 1.29 is 9.84 Å². The molecule has 17 heavy (non-hydrogen) atoms. The molecule has 0 atom stereocenters. The topological polar surface area (TPSA) is 54.7 Å². The van der Waals surface area contributed by atoms with E-state index in [-0.39, 0.29) is 5.75 Å². The van der Waals surface area contributed by atoms with E-state index in [2.05, 4.69) is 9.98 Å². The molecule has 0 spiro atoms. The second-order valence-corrected chi connectivity index (χ2v) is 3.39. The zero-order valence-electron chi connectivity index (χ0n) is 9.37. The lowest BCUT2D eigenvalue weighted by atomic mass is 10.2. The maximum atomic E-state index is 9.65. The van der Waals surface area contributed by atoms with Crippen LogP contribution < -0.4 is 4.74 Å². The highest BCUT2D eigenvalue weighted by Crippen LogP contribution is 2.21. The van der Waals surface area contributed by atoms with Gasteiger partial charge in [0.05, 0.1) is 19.0 Å². The number of hydrogen-bond donors (Lipinski definition) is 1. The van der Waals surface area contributed by atoms with E-state index in [9.17, 15) is 5.11 Å². The van der Waals surface area contributed by atoms with Crippen molar-refractivity contribution in [3.63, 3.8) is 0 Å². The van der Waals surface area contributed by atoms with Crippen LogP contribution >= 0.6 is 0 Å². The Balaban J connectivity index is 2.26. The molecule has 1 N–H and O–H groups in total. The van der Waals surface area contributed by atoms with Gasteiger partial charge in [0.25, 0.3) is 0 Å². The number of phenolic OH excluding ortho intramolecular Hbond substituents is 1. The molecule has 0 aliphatic rings. The second-order valence-electron chi connectivity index (χ2n) is 3.39. The van der Waals surface area contributed by atoms with Crippen molar-refractivity contribution in [3.8, 4) is 11.5 Å². The lowest BCUT2D eigenvalue weighted by Crippen LogP contribution is -1.87. The van der Waals surface area contributed by atoms with Gasteiger partial charge in [0, 0.05) is 18.0 Å². The molecular weight excluding hydrogens is 216 g/mol. The first-order valence-electron chi connectivity index (χ1n) is 5.10. The van der Waals surface area contributed by atoms with Gasteiger partial charge in [-0.05, 0) is 30.3 Å². The fourth-order valence-electron chi connectivity index (χ4n) is 1.34. The molecule has 0 radical (unpaired) electrons. The maximum Gasteiger partial charge on any atom is 0.124 e. The summed E-state index contributed by atoms with van der Waals surface area (Å²) in [5, 5.41) is 9.65. The van der Waals surface area contributed by atoms with Crippen molar-refractivity contribution in [2.75, 3.05) is 7.11 Å². The van der Waals surface area contributed by atoms with E-state index in [1.54, 1.807) is 50.0 Å². The van der Waals surface area contributed by atoms with Crippen molar-refractivity contribution in [2.24, 2.45) is 4.99 Å². The normalized spacial score (nSPS) is 10.6. The minimum Gasteiger partial charge on any atom is -0.507 e. The number of nitrogens with zero attached hydrogens (tertiary/aromatic N) is 2. The van der Waals surface area contributed by atoms with E-state index in [0.717, 1.165) is 5.69 Å². The van der Waals surface area contributed by atoms with Gasteiger partial charge in [-0.15, -0.1) is 0 Å². The molecule has 0 saturated heterocycles. The number of aromatic nitrogens is 1. The fourth-order valence-corrected chi connectivity index (χ4v) is 1.34. The Kier molecular flexibility index (Phi) is 3.35. The number of pyridine rings is 1. The molecule has 0 aliphatic carbocycles. The Labute approximate surface area is 99.2 Å². The fraction of sp³-hybridized carbons (Fsp3) is 0.0769. The van der Waals surface area contributed by atoms with Crippen LogP contribution in [-0.2, 0) is 0 Å². The zero-order chi connectivity index (χ0) is 12.1. The van der Waals surface area contributed by atoms with Crippen molar-refractivity contribution in [1.82, 2.24) is 4.98 Å². The van der Waals surface area contributed by atoms with Crippen LogP contribution in [0.2, 0.25) is 0 Å². The number of aliphatic imine (C=N–C) groups is 1. The lowest BCUT2D eigenvalue weighted by molar-refractivity contribution is 0.412. The Hall–Kier alpha value is -2.36. The van der Waals surface area contributed by atoms with Crippen LogP contribution in [0.5, 0.6) is 11.5 Å². The van der Waals surface area contributed by atoms with Gasteiger partial charge in [0.15, 0.2) is 0 Å². The molecule has 4 heteroatoms. The van der Waals surface area contributed by atoms with Crippen LogP contribution in [0.1, 0.15) is 5.56 Å². The summed E-state index contributed by atoms with van der Waals surface area (Å²) in [6.45, 7) is 0. The van der Waals surface area contributed by atoms with Crippen LogP contribution in [0.3, 0.4) is 0 Å². The first-order chi connectivity index (χ1) is 8.29. The van der Waals surface area contributed by atoms with Crippen LogP contribution in [-0.4, -0.2) is 23.4 Å². The summed E-state index contributed by atoms with van der Waals surface area (Å²) in [5.74, 6) is 0.842. The molecular formula is C13H12N2O2. The van der Waals surface area contributed by atoms with Crippen LogP contribution in [0.25, 0.3) is 0 Å². The smallest absolute Gasteiger partial charge is 0.124 e. The highest BCUT2D eigenvalue weighted by atomic mass is 16.5. The summed E-state index contributed by atoms with van der Waals surface area (Å²) in [5.41, 5.74) is 1.34. The number of phenols is 1. The Morgan fingerprint density at radius 2 is 2.24 bits per heavy atom. The summed E-state index contributed by atoms with van der Waals surface area (Å²) in [7, 11) is 1.58. The number of hydrogen-bond acceptors (Lipinski definition) is 4. The maximum absolute atomic E-state index is 9.65. The van der Waals surface area contributed by atoms with Crippen LogP contribution in [0.15, 0.2) is 47.7 Å². The van der Waals surface area contributed by atoms with Gasteiger partial charge >= 0.3 is 0 Å². The molecule has 1 aromatic heterocycles. The molecule has 0 aliphatic heterocycles. The third-order valence-electron chi connectivity index (χ3n) is 2.23. The van der Waals surface area contributed by atoms with Crippen molar-refractivity contribution >= 4 is 11.9 Å². The Morgan fingerprint density at radius 1 is 1.35 bits per heavy atom. The van der Waals surface area contributed by atoms with Gasteiger partial charge in [-0.2, -0.15) is 0 Å². The summed E-state index contributed by atoms with van der Waals surface area (Å²) in [6.07, 6.45) is 4.91. The number of methoxy groups -OCH3 is 1. The summed E-state index contributed by atoms with van der Waals surface area (Å²) in [6, 6.07) is 8.62. The van der Waals surface area contributed by atoms with Gasteiger partial charge in [-0.1, -0.05) is 0 Å². The molecule has 86 valence electrons. The summed E-state index contributed by atoms with van der Waals surface area (Å²) >= 11 is 0. The number of rotatable bonds is 3. The molecule has 0 unspecified atom stereocenters. The monoisotopic (exact) mass is 228 g/mol. The van der Waals surface area contributed by atoms with Gasteiger partial charge in [0.2, 0.25) is 0 Å². The molecule has 4 nitrogen and oxygen atoms in total. The van der Waals surface area contributed by atoms with Crippen LogP contribution in [0.4, 0.5) is 5.69 Å². The zero-order valence-corrected chi connectivity index (χ0v) is 9.37. The highest BCUT2D eigenvalue weighted by molar-refractivity contribution is 5.85. The van der Waals surface area contributed by atoms with Crippen molar-refractivity contribution in [3.05, 3.63) is 48.3 Å². The molecule has 0 amide bonds. The van der Waals surface area contributed by atoms with E-state index in [0.29, 0.717) is 11.3 Å². The van der Waals surface area contributed by atoms with Crippen molar-refractivity contribution in [2.45, 2.75) is 0 Å². The predicted octanol–water partition coefficient (Wildman–Crippen LogP) is 2.55. The SMILES string of the molecule is COc1ccc(O)c(C=Nc2cccnc2)c1. The van der Waals surface area contributed by atoms with E-state index in [1.165, 1.54) is 0 Å². The van der Waals surface area contributed by atoms with Gasteiger partial charge in [-0.25, -0.2) is 0 Å². The Bertz CT molecular complexity index is 524. The van der Waals surface area contributed by atoms with E-state index in [1.807, 2.05) is 6.07 Å². The lowest BCUT2D eigenvalue weighted by Gasteiger charge is -2.02. The minimum atomic E-state index is 0.165. The van der Waals surface area contributed by atoms with Gasteiger partial charge < -0.3 is 9.84 Å². The predicted molar refractivity (Wildman–Crippen MR) is 66.1 cm³/mol. The quantitative estimate of drug-likeness (QED) is 0.821. The largest absolute Gasteiger partial charge is 0.507 e. The number of benzene rings is 1. The first kappa shape index (κ1) is 11.1. The minimum absolute atomic E-state index is 0.165. The summed E-state index contributed by atoms with van der Waals surface area (Å²) < 4.78 is 5.08. The third kappa shape index (κ3) is 2.81. The second kappa shape index (κ2) is 5.12. The van der Waals surface area contributed by atoms with E-state index < -0.39 is 0 Å². The molecule has 0 saturated carbocycles. The van der Waals surface area contributed by atoms with E-state index >= 15 is 0 Å². The molecule has 2 rings (SSSR count). The number of ether oxygens (including phenoxy) is 1. The van der Waals surface area contributed by atoms with Gasteiger partial charge in [-0.3, -0.25) is 9.98 Å². The molecule has 1 aromatic carbocycles. The van der Waals surface area contributed by atoms with Gasteiger partial charge in [0.1, 0.15) is 11.5 Å².